The van der Waals surface area contributed by atoms with Gasteiger partial charge in [-0.2, -0.15) is 0 Å². The van der Waals surface area contributed by atoms with E-state index < -0.39 is 12.0 Å². The van der Waals surface area contributed by atoms with E-state index in [1.54, 1.807) is 24.0 Å². The number of halogens is 2. The van der Waals surface area contributed by atoms with Gasteiger partial charge in [0.25, 0.3) is 0 Å². The maximum absolute atomic E-state index is 13.9. The molecule has 0 bridgehead atoms. The Morgan fingerprint density at radius 1 is 1.41 bits per heavy atom. The first-order valence-electron chi connectivity index (χ1n) is 7.11. The number of hydrogen-bond acceptors (Lipinski definition) is 2. The van der Waals surface area contributed by atoms with Crippen LogP contribution >= 0.6 is 15.9 Å². The molecule has 1 aromatic carbocycles. The molecule has 2 rings (SSSR count). The van der Waals surface area contributed by atoms with Crippen molar-refractivity contribution in [3.63, 3.8) is 0 Å². The van der Waals surface area contributed by atoms with Gasteiger partial charge >= 0.3 is 12.0 Å². The predicted octanol–water partition coefficient (Wildman–Crippen LogP) is 3.16. The Labute approximate surface area is 136 Å². The number of aliphatic carboxylic acids is 1. The van der Waals surface area contributed by atoms with Gasteiger partial charge in [-0.15, -0.1) is 0 Å². The Morgan fingerprint density at radius 2 is 2.05 bits per heavy atom. The van der Waals surface area contributed by atoms with Crippen molar-refractivity contribution in [2.75, 3.05) is 13.1 Å². The second kappa shape index (κ2) is 7.09. The van der Waals surface area contributed by atoms with Crippen LogP contribution in [0, 0.1) is 11.7 Å². The summed E-state index contributed by atoms with van der Waals surface area (Å²) in [5, 5.41) is 11.7. The van der Waals surface area contributed by atoms with E-state index in [9.17, 15) is 14.0 Å². The lowest BCUT2D eigenvalue weighted by Crippen LogP contribution is -2.46. The molecule has 1 fully saturated rings. The lowest BCUT2D eigenvalue weighted by atomic mass is 9.97. The molecule has 1 aliphatic heterocycles. The minimum atomic E-state index is -0.814. The highest BCUT2D eigenvalue weighted by Gasteiger charge is 2.27. The number of carbonyl (C=O) groups excluding carboxylic acids is 1. The van der Waals surface area contributed by atoms with E-state index in [0.717, 1.165) is 0 Å². The van der Waals surface area contributed by atoms with Gasteiger partial charge in [-0.1, -0.05) is 22.0 Å². The smallest absolute Gasteiger partial charge is 0.317 e. The number of piperidine rings is 1. The largest absolute Gasteiger partial charge is 0.481 e. The van der Waals surface area contributed by atoms with Crippen LogP contribution < -0.4 is 5.32 Å². The van der Waals surface area contributed by atoms with Crippen LogP contribution in [-0.2, 0) is 4.79 Å². The molecule has 2 N–H and O–H groups in total. The second-order valence-electron chi connectivity index (χ2n) is 5.44. The molecule has 1 heterocycles. The maximum atomic E-state index is 13.9. The highest BCUT2D eigenvalue weighted by atomic mass is 79.9. The summed E-state index contributed by atoms with van der Waals surface area (Å²) in [7, 11) is 0. The van der Waals surface area contributed by atoms with E-state index in [-0.39, 0.29) is 17.8 Å². The monoisotopic (exact) mass is 372 g/mol. The second-order valence-corrected chi connectivity index (χ2v) is 6.35. The summed E-state index contributed by atoms with van der Waals surface area (Å²) in [6.07, 6.45) is 0.896. The van der Waals surface area contributed by atoms with Crippen molar-refractivity contribution in [3.05, 3.63) is 34.1 Å². The molecule has 1 saturated heterocycles. The molecule has 1 aliphatic rings. The van der Waals surface area contributed by atoms with Gasteiger partial charge in [0, 0.05) is 23.1 Å². The number of nitrogens with zero attached hydrogens (tertiary/aromatic N) is 1. The molecule has 1 atom stereocenters. The number of hydrogen-bond donors (Lipinski definition) is 2. The topological polar surface area (TPSA) is 69.6 Å². The van der Waals surface area contributed by atoms with Crippen LogP contribution in [0.25, 0.3) is 0 Å². The fourth-order valence-corrected chi connectivity index (χ4v) is 2.87. The molecule has 1 aromatic rings. The van der Waals surface area contributed by atoms with Crippen LogP contribution in [0.4, 0.5) is 9.18 Å². The van der Waals surface area contributed by atoms with Gasteiger partial charge in [0.05, 0.1) is 12.0 Å². The molecular formula is C15H18BrFN2O3. The molecule has 0 spiro atoms. The number of carboxylic acids is 1. The summed E-state index contributed by atoms with van der Waals surface area (Å²) in [5.41, 5.74) is 0.414. The summed E-state index contributed by atoms with van der Waals surface area (Å²) >= 11 is 3.19. The molecule has 7 heteroatoms. The third-order valence-corrected chi connectivity index (χ3v) is 4.39. The van der Waals surface area contributed by atoms with Gasteiger partial charge in [-0.05, 0) is 31.9 Å². The van der Waals surface area contributed by atoms with Crippen LogP contribution in [0.3, 0.4) is 0 Å². The molecule has 22 heavy (non-hydrogen) atoms. The zero-order valence-electron chi connectivity index (χ0n) is 12.2. The summed E-state index contributed by atoms with van der Waals surface area (Å²) in [6.45, 7) is 2.52. The average molecular weight is 373 g/mol. The van der Waals surface area contributed by atoms with Crippen molar-refractivity contribution < 1.29 is 19.1 Å². The number of amides is 2. The highest BCUT2D eigenvalue weighted by molar-refractivity contribution is 9.10. The standard InChI is InChI=1S/C15H18BrFN2O3/c1-9(12-3-2-11(16)8-13(12)17)18-15(22)19-6-4-10(5-7-19)14(20)21/h2-3,8-10H,4-7H2,1H3,(H,18,22)(H,20,21). The molecule has 0 aliphatic carbocycles. The number of benzene rings is 1. The van der Waals surface area contributed by atoms with E-state index in [1.165, 1.54) is 6.07 Å². The summed E-state index contributed by atoms with van der Waals surface area (Å²) in [5.74, 6) is -1.58. The number of nitrogens with one attached hydrogen (secondary N) is 1. The first-order chi connectivity index (χ1) is 10.4. The van der Waals surface area contributed by atoms with E-state index >= 15 is 0 Å². The van der Waals surface area contributed by atoms with Crippen LogP contribution in [0.5, 0.6) is 0 Å². The third kappa shape index (κ3) is 3.97. The van der Waals surface area contributed by atoms with E-state index in [1.807, 2.05) is 0 Å². The van der Waals surface area contributed by atoms with Crippen molar-refractivity contribution in [2.45, 2.75) is 25.8 Å². The summed E-state index contributed by atoms with van der Waals surface area (Å²) in [6, 6.07) is 3.95. The zero-order chi connectivity index (χ0) is 16.3. The maximum Gasteiger partial charge on any atom is 0.317 e. The number of likely N-dealkylation sites (tertiary alicyclic amines) is 1. The Balaban J connectivity index is 1.93. The highest BCUT2D eigenvalue weighted by Crippen LogP contribution is 2.22. The van der Waals surface area contributed by atoms with Gasteiger partial charge in [-0.3, -0.25) is 4.79 Å². The molecule has 120 valence electrons. The molecule has 5 nitrogen and oxygen atoms in total. The summed E-state index contributed by atoms with van der Waals surface area (Å²) < 4.78 is 14.5. The van der Waals surface area contributed by atoms with Gasteiger partial charge in [-0.25, -0.2) is 9.18 Å². The fourth-order valence-electron chi connectivity index (χ4n) is 2.54. The normalized spacial score (nSPS) is 17.1. The van der Waals surface area contributed by atoms with Crippen molar-refractivity contribution in [1.29, 1.82) is 0 Å². The molecule has 1 unspecified atom stereocenters. The zero-order valence-corrected chi connectivity index (χ0v) is 13.8. The first-order valence-corrected chi connectivity index (χ1v) is 7.91. The molecule has 0 aromatic heterocycles. The van der Waals surface area contributed by atoms with Crippen molar-refractivity contribution >= 4 is 27.9 Å². The lowest BCUT2D eigenvalue weighted by Gasteiger charge is -2.31. The van der Waals surface area contributed by atoms with Gasteiger partial charge in [0.15, 0.2) is 0 Å². The first kappa shape index (κ1) is 16.7. The number of rotatable bonds is 3. The third-order valence-electron chi connectivity index (χ3n) is 3.90. The van der Waals surface area contributed by atoms with Crippen LogP contribution in [0.1, 0.15) is 31.4 Å². The Kier molecular flexibility index (Phi) is 5.39. The molecule has 0 radical (unpaired) electrons. The van der Waals surface area contributed by atoms with Crippen molar-refractivity contribution in [2.24, 2.45) is 5.92 Å². The van der Waals surface area contributed by atoms with Crippen LogP contribution in [0.15, 0.2) is 22.7 Å². The average Bonchev–Trinajstić information content (AvgIpc) is 2.47. The van der Waals surface area contributed by atoms with Crippen LogP contribution in [0.2, 0.25) is 0 Å². The Bertz CT molecular complexity index is 574. The SMILES string of the molecule is CC(NC(=O)N1CCC(C(=O)O)CC1)c1ccc(Br)cc1F. The molecule has 0 saturated carbocycles. The van der Waals surface area contributed by atoms with E-state index in [4.69, 9.17) is 5.11 Å². The number of urea groups is 1. The van der Waals surface area contributed by atoms with Crippen molar-refractivity contribution in [3.8, 4) is 0 Å². The van der Waals surface area contributed by atoms with E-state index in [0.29, 0.717) is 36.0 Å². The minimum absolute atomic E-state index is 0.293. The molecule has 2 amide bonds. The van der Waals surface area contributed by atoms with E-state index in [2.05, 4.69) is 21.2 Å². The van der Waals surface area contributed by atoms with Gasteiger partial charge < -0.3 is 15.3 Å². The molecular weight excluding hydrogens is 355 g/mol. The Morgan fingerprint density at radius 3 is 2.59 bits per heavy atom. The minimum Gasteiger partial charge on any atom is -0.481 e. The fraction of sp³-hybridized carbons (Fsp3) is 0.467. The Hall–Kier alpha value is -1.63. The number of carboxylic acid groups (broad SMARTS) is 1. The predicted molar refractivity (Wildman–Crippen MR) is 83.0 cm³/mol. The van der Waals surface area contributed by atoms with Gasteiger partial charge in [0.2, 0.25) is 0 Å². The number of carbonyl (C=O) groups is 2. The van der Waals surface area contributed by atoms with Crippen LogP contribution in [-0.4, -0.2) is 35.1 Å². The van der Waals surface area contributed by atoms with Gasteiger partial charge in [0.1, 0.15) is 5.82 Å². The summed E-state index contributed by atoms with van der Waals surface area (Å²) in [4.78, 5) is 24.6. The quantitative estimate of drug-likeness (QED) is 0.855. The van der Waals surface area contributed by atoms with Crippen molar-refractivity contribution in [1.82, 2.24) is 10.2 Å². The lowest BCUT2D eigenvalue weighted by molar-refractivity contribution is -0.143.